The van der Waals surface area contributed by atoms with Gasteiger partial charge in [-0.3, -0.25) is 4.79 Å². The van der Waals surface area contributed by atoms with Gasteiger partial charge >= 0.3 is 0 Å². The molecule has 1 aliphatic heterocycles. The van der Waals surface area contributed by atoms with Crippen molar-refractivity contribution in [3.05, 3.63) is 29.3 Å². The fourth-order valence-electron chi connectivity index (χ4n) is 2.72. The SMILES string of the molecule is CCC(C)CN(CC)C(=O)c1cccc2c1NCCC2. The van der Waals surface area contributed by atoms with E-state index in [2.05, 4.69) is 32.2 Å². The van der Waals surface area contributed by atoms with E-state index >= 15 is 0 Å². The normalized spacial score (nSPS) is 15.2. The summed E-state index contributed by atoms with van der Waals surface area (Å²) in [6, 6.07) is 6.10. The van der Waals surface area contributed by atoms with Gasteiger partial charge in [0.2, 0.25) is 0 Å². The second-order valence-electron chi connectivity index (χ2n) is 5.73. The van der Waals surface area contributed by atoms with Crippen LogP contribution in [0.3, 0.4) is 0 Å². The average molecular weight is 274 g/mol. The van der Waals surface area contributed by atoms with Gasteiger partial charge in [0.15, 0.2) is 0 Å². The van der Waals surface area contributed by atoms with Gasteiger partial charge < -0.3 is 10.2 Å². The maximum atomic E-state index is 12.8. The van der Waals surface area contributed by atoms with Crippen molar-refractivity contribution < 1.29 is 4.79 Å². The van der Waals surface area contributed by atoms with Crippen LogP contribution in [0.2, 0.25) is 0 Å². The Bertz CT molecular complexity index is 470. The van der Waals surface area contributed by atoms with Crippen molar-refractivity contribution in [3.63, 3.8) is 0 Å². The Morgan fingerprint density at radius 2 is 2.20 bits per heavy atom. The molecule has 0 aromatic heterocycles. The molecule has 1 N–H and O–H groups in total. The number of anilines is 1. The molecule has 0 radical (unpaired) electrons. The van der Waals surface area contributed by atoms with Gasteiger partial charge in [-0.1, -0.05) is 32.4 Å². The third kappa shape index (κ3) is 3.14. The summed E-state index contributed by atoms with van der Waals surface area (Å²) < 4.78 is 0. The van der Waals surface area contributed by atoms with Gasteiger partial charge in [-0.2, -0.15) is 0 Å². The van der Waals surface area contributed by atoms with E-state index in [1.54, 1.807) is 0 Å². The number of aryl methyl sites for hydroxylation is 1. The second-order valence-corrected chi connectivity index (χ2v) is 5.73. The Morgan fingerprint density at radius 3 is 2.90 bits per heavy atom. The Hall–Kier alpha value is -1.51. The molecule has 1 atom stereocenters. The van der Waals surface area contributed by atoms with E-state index in [4.69, 9.17) is 0 Å². The standard InChI is InChI=1S/C17H26N2O/c1-4-13(3)12-19(5-2)17(20)15-10-6-8-14-9-7-11-18-16(14)15/h6,8,10,13,18H,4-5,7,9,11-12H2,1-3H3. The van der Waals surface area contributed by atoms with Gasteiger partial charge in [-0.15, -0.1) is 0 Å². The fraction of sp³-hybridized carbons (Fsp3) is 0.588. The van der Waals surface area contributed by atoms with E-state index in [0.717, 1.165) is 50.1 Å². The average Bonchev–Trinajstić information content (AvgIpc) is 2.51. The molecule has 0 spiro atoms. The molecule has 0 aliphatic carbocycles. The van der Waals surface area contributed by atoms with Gasteiger partial charge in [0.25, 0.3) is 5.91 Å². The largest absolute Gasteiger partial charge is 0.384 e. The number of carbonyl (C=O) groups excluding carboxylic acids is 1. The third-order valence-electron chi connectivity index (χ3n) is 4.20. The topological polar surface area (TPSA) is 32.3 Å². The summed E-state index contributed by atoms with van der Waals surface area (Å²) in [5, 5.41) is 3.41. The van der Waals surface area contributed by atoms with Crippen molar-refractivity contribution in [2.75, 3.05) is 25.0 Å². The molecule has 110 valence electrons. The van der Waals surface area contributed by atoms with E-state index in [1.165, 1.54) is 5.56 Å². The predicted molar refractivity (Wildman–Crippen MR) is 84.3 cm³/mol. The summed E-state index contributed by atoms with van der Waals surface area (Å²) in [5.74, 6) is 0.713. The number of benzene rings is 1. The summed E-state index contributed by atoms with van der Waals surface area (Å²) in [6.45, 7) is 9.02. The van der Waals surface area contributed by atoms with Crippen LogP contribution in [0.1, 0.15) is 49.5 Å². The zero-order chi connectivity index (χ0) is 14.5. The fourth-order valence-corrected chi connectivity index (χ4v) is 2.72. The summed E-state index contributed by atoms with van der Waals surface area (Å²) in [6.07, 6.45) is 3.32. The van der Waals surface area contributed by atoms with Crippen LogP contribution < -0.4 is 5.32 Å². The van der Waals surface area contributed by atoms with E-state index < -0.39 is 0 Å². The van der Waals surface area contributed by atoms with Crippen LogP contribution in [-0.4, -0.2) is 30.4 Å². The molecule has 1 amide bonds. The molecule has 1 heterocycles. The highest BCUT2D eigenvalue weighted by molar-refractivity contribution is 6.00. The zero-order valence-electron chi connectivity index (χ0n) is 12.9. The molecule has 0 saturated heterocycles. The first-order valence-electron chi connectivity index (χ1n) is 7.82. The van der Waals surface area contributed by atoms with Crippen LogP contribution in [0.5, 0.6) is 0 Å². The maximum Gasteiger partial charge on any atom is 0.255 e. The van der Waals surface area contributed by atoms with Crippen molar-refractivity contribution >= 4 is 11.6 Å². The number of carbonyl (C=O) groups is 1. The van der Waals surface area contributed by atoms with Crippen molar-refractivity contribution in [1.82, 2.24) is 4.90 Å². The smallest absolute Gasteiger partial charge is 0.255 e. The molecule has 1 aromatic rings. The van der Waals surface area contributed by atoms with E-state index in [1.807, 2.05) is 17.0 Å². The lowest BCUT2D eigenvalue weighted by atomic mass is 9.98. The predicted octanol–water partition coefficient (Wildman–Crippen LogP) is 3.55. The molecule has 1 aliphatic rings. The molecule has 2 rings (SSSR count). The molecule has 0 saturated carbocycles. The minimum atomic E-state index is 0.166. The lowest BCUT2D eigenvalue weighted by Crippen LogP contribution is -2.35. The van der Waals surface area contributed by atoms with Crippen molar-refractivity contribution in [3.8, 4) is 0 Å². The molecular formula is C17H26N2O. The van der Waals surface area contributed by atoms with Gasteiger partial charge in [-0.25, -0.2) is 0 Å². The van der Waals surface area contributed by atoms with Gasteiger partial charge in [0.1, 0.15) is 0 Å². The highest BCUT2D eigenvalue weighted by atomic mass is 16.2. The second kappa shape index (κ2) is 6.78. The molecule has 3 nitrogen and oxygen atoms in total. The van der Waals surface area contributed by atoms with Crippen LogP contribution >= 0.6 is 0 Å². The summed E-state index contributed by atoms with van der Waals surface area (Å²) in [5.41, 5.74) is 3.18. The van der Waals surface area contributed by atoms with Crippen molar-refractivity contribution in [1.29, 1.82) is 0 Å². The van der Waals surface area contributed by atoms with E-state index in [0.29, 0.717) is 5.92 Å². The Labute approximate surface area is 122 Å². The highest BCUT2D eigenvalue weighted by Crippen LogP contribution is 2.27. The van der Waals surface area contributed by atoms with Crippen LogP contribution in [0.15, 0.2) is 18.2 Å². The lowest BCUT2D eigenvalue weighted by molar-refractivity contribution is 0.0741. The number of nitrogens with zero attached hydrogens (tertiary/aromatic N) is 1. The number of para-hydroxylation sites is 1. The van der Waals surface area contributed by atoms with Crippen LogP contribution in [0.25, 0.3) is 0 Å². The van der Waals surface area contributed by atoms with Gasteiger partial charge in [0.05, 0.1) is 11.3 Å². The third-order valence-corrected chi connectivity index (χ3v) is 4.20. The molecule has 3 heteroatoms. The first-order valence-corrected chi connectivity index (χ1v) is 7.82. The summed E-state index contributed by atoms with van der Waals surface area (Å²) in [7, 11) is 0. The highest BCUT2D eigenvalue weighted by Gasteiger charge is 2.21. The molecule has 1 aromatic carbocycles. The van der Waals surface area contributed by atoms with E-state index in [-0.39, 0.29) is 5.91 Å². The van der Waals surface area contributed by atoms with Crippen molar-refractivity contribution in [2.24, 2.45) is 5.92 Å². The van der Waals surface area contributed by atoms with Gasteiger partial charge in [-0.05, 0) is 37.3 Å². The summed E-state index contributed by atoms with van der Waals surface area (Å²) >= 11 is 0. The zero-order valence-corrected chi connectivity index (χ0v) is 12.9. The number of amides is 1. The maximum absolute atomic E-state index is 12.8. The molecule has 0 fully saturated rings. The van der Waals surface area contributed by atoms with Crippen molar-refractivity contribution in [2.45, 2.75) is 40.0 Å². The monoisotopic (exact) mass is 274 g/mol. The number of hydrogen-bond acceptors (Lipinski definition) is 2. The molecular weight excluding hydrogens is 248 g/mol. The molecule has 1 unspecified atom stereocenters. The first-order chi connectivity index (χ1) is 9.67. The molecule has 0 bridgehead atoms. The minimum Gasteiger partial charge on any atom is -0.384 e. The Morgan fingerprint density at radius 1 is 1.40 bits per heavy atom. The van der Waals surface area contributed by atoms with Crippen LogP contribution in [-0.2, 0) is 6.42 Å². The summed E-state index contributed by atoms with van der Waals surface area (Å²) in [4.78, 5) is 14.8. The van der Waals surface area contributed by atoms with E-state index in [9.17, 15) is 4.79 Å². The van der Waals surface area contributed by atoms with Crippen LogP contribution in [0, 0.1) is 5.92 Å². The number of nitrogens with one attached hydrogen (secondary N) is 1. The Kier molecular flexibility index (Phi) is 5.05. The quantitative estimate of drug-likeness (QED) is 0.890. The minimum absolute atomic E-state index is 0.166. The Balaban J connectivity index is 2.23. The number of fused-ring (bicyclic) bond motifs is 1. The first kappa shape index (κ1) is 14.9. The number of rotatable bonds is 5. The lowest BCUT2D eigenvalue weighted by Gasteiger charge is -2.27. The molecule has 20 heavy (non-hydrogen) atoms. The van der Waals surface area contributed by atoms with Crippen LogP contribution in [0.4, 0.5) is 5.69 Å². The number of hydrogen-bond donors (Lipinski definition) is 1. The van der Waals surface area contributed by atoms with Gasteiger partial charge in [0, 0.05) is 19.6 Å².